The zero-order valence-corrected chi connectivity index (χ0v) is 15.0. The summed E-state index contributed by atoms with van der Waals surface area (Å²) in [6.45, 7) is 2.73. The van der Waals surface area contributed by atoms with E-state index in [1.54, 1.807) is 7.11 Å². The number of nitrogens with one attached hydrogen (secondary N) is 1. The lowest BCUT2D eigenvalue weighted by molar-refractivity contribution is -0.129. The third kappa shape index (κ3) is 5.74. The summed E-state index contributed by atoms with van der Waals surface area (Å²) >= 11 is 1.85. The molecule has 1 aliphatic heterocycles. The summed E-state index contributed by atoms with van der Waals surface area (Å²) in [4.78, 5) is 14.1. The van der Waals surface area contributed by atoms with E-state index in [0.29, 0.717) is 11.9 Å². The number of thioether (sulfide) groups is 1. The average Bonchev–Trinajstić information content (AvgIpc) is 2.93. The lowest BCUT2D eigenvalue weighted by Gasteiger charge is -2.25. The second-order valence-corrected chi connectivity index (χ2v) is 6.93. The van der Waals surface area contributed by atoms with Crippen LogP contribution in [0.5, 0.6) is 5.75 Å². The van der Waals surface area contributed by atoms with Crippen molar-refractivity contribution < 1.29 is 9.53 Å². The first-order valence-corrected chi connectivity index (χ1v) is 9.76. The molecular weight excluding hydrogens is 308 g/mol. The highest BCUT2D eigenvalue weighted by Crippen LogP contribution is 2.21. The summed E-state index contributed by atoms with van der Waals surface area (Å²) in [5, 5.41) is 3.49. The molecule has 1 fully saturated rings. The Balaban J connectivity index is 1.68. The van der Waals surface area contributed by atoms with Gasteiger partial charge in [-0.3, -0.25) is 4.79 Å². The van der Waals surface area contributed by atoms with Gasteiger partial charge in [-0.15, -0.1) is 0 Å². The van der Waals surface area contributed by atoms with E-state index < -0.39 is 0 Å². The van der Waals surface area contributed by atoms with Gasteiger partial charge in [-0.2, -0.15) is 11.8 Å². The van der Waals surface area contributed by atoms with Crippen LogP contribution in [0.2, 0.25) is 0 Å². The number of benzene rings is 1. The van der Waals surface area contributed by atoms with Crippen molar-refractivity contribution >= 4 is 17.7 Å². The molecule has 0 aliphatic carbocycles. The predicted molar refractivity (Wildman–Crippen MR) is 97.1 cm³/mol. The van der Waals surface area contributed by atoms with Crippen molar-refractivity contribution in [3.8, 4) is 5.75 Å². The number of nitrogens with zero attached hydrogens (tertiary/aromatic N) is 1. The van der Waals surface area contributed by atoms with Gasteiger partial charge in [-0.1, -0.05) is 12.1 Å². The minimum absolute atomic E-state index is 0.339. The Morgan fingerprint density at radius 3 is 2.83 bits per heavy atom. The molecule has 0 radical (unpaired) electrons. The average molecular weight is 337 g/mol. The van der Waals surface area contributed by atoms with Gasteiger partial charge in [-0.25, -0.2) is 0 Å². The highest BCUT2D eigenvalue weighted by atomic mass is 32.2. The van der Waals surface area contributed by atoms with E-state index in [4.69, 9.17) is 4.74 Å². The van der Waals surface area contributed by atoms with Crippen LogP contribution < -0.4 is 10.1 Å². The van der Waals surface area contributed by atoms with Crippen LogP contribution in [0.4, 0.5) is 0 Å². The normalized spacial score (nSPS) is 17.7. The molecule has 1 saturated heterocycles. The molecule has 1 aliphatic rings. The van der Waals surface area contributed by atoms with E-state index in [1.807, 2.05) is 23.9 Å². The number of likely N-dealkylation sites (tertiary alicyclic amines) is 1. The summed E-state index contributed by atoms with van der Waals surface area (Å²) < 4.78 is 5.17. The molecule has 0 unspecified atom stereocenters. The van der Waals surface area contributed by atoms with E-state index >= 15 is 0 Å². The van der Waals surface area contributed by atoms with Gasteiger partial charge in [0.15, 0.2) is 0 Å². The van der Waals surface area contributed by atoms with Gasteiger partial charge in [0.1, 0.15) is 5.75 Å². The molecule has 0 bridgehead atoms. The molecule has 1 N–H and O–H groups in total. The minimum atomic E-state index is 0.339. The van der Waals surface area contributed by atoms with Crippen LogP contribution in [0.3, 0.4) is 0 Å². The van der Waals surface area contributed by atoms with E-state index in [0.717, 1.165) is 56.8 Å². The highest BCUT2D eigenvalue weighted by Gasteiger charge is 2.29. The Morgan fingerprint density at radius 1 is 1.35 bits per heavy atom. The Labute approximate surface area is 144 Å². The Hall–Kier alpha value is -1.20. The fourth-order valence-electron chi connectivity index (χ4n) is 3.02. The van der Waals surface area contributed by atoms with Crippen LogP contribution in [0.25, 0.3) is 0 Å². The van der Waals surface area contributed by atoms with Crippen molar-refractivity contribution in [3.05, 3.63) is 29.8 Å². The molecule has 128 valence electrons. The number of amides is 1. The molecule has 1 atom stereocenters. The second-order valence-electron chi connectivity index (χ2n) is 5.94. The van der Waals surface area contributed by atoms with Crippen LogP contribution in [0.15, 0.2) is 24.3 Å². The zero-order valence-electron chi connectivity index (χ0n) is 14.2. The van der Waals surface area contributed by atoms with Crippen LogP contribution in [-0.4, -0.2) is 49.1 Å². The molecule has 5 heteroatoms. The summed E-state index contributed by atoms with van der Waals surface area (Å²) in [7, 11) is 1.68. The number of hydrogen-bond acceptors (Lipinski definition) is 4. The van der Waals surface area contributed by atoms with Gasteiger partial charge >= 0.3 is 0 Å². The Bertz CT molecular complexity index is 478. The molecule has 0 aromatic heterocycles. The largest absolute Gasteiger partial charge is 0.497 e. The van der Waals surface area contributed by atoms with Crippen molar-refractivity contribution in [3.63, 3.8) is 0 Å². The first kappa shape index (κ1) is 18.1. The van der Waals surface area contributed by atoms with Gasteiger partial charge < -0.3 is 15.0 Å². The van der Waals surface area contributed by atoms with Crippen molar-refractivity contribution in [2.45, 2.75) is 38.3 Å². The third-order valence-corrected chi connectivity index (χ3v) is 5.04. The number of hydrogen-bond donors (Lipinski definition) is 1. The van der Waals surface area contributed by atoms with Crippen LogP contribution in [-0.2, 0) is 11.3 Å². The predicted octanol–water partition coefficient (Wildman–Crippen LogP) is 2.92. The van der Waals surface area contributed by atoms with E-state index in [1.165, 1.54) is 5.56 Å². The Morgan fingerprint density at radius 2 is 2.13 bits per heavy atom. The molecule has 1 heterocycles. The standard InChI is InChI=1S/C18H28N2O2S/c1-22-17-7-4-15(5-8-17)14-19-11-10-16-6-9-18(21)20(16)12-3-13-23-2/h4-5,7-8,16,19H,3,6,9-14H2,1-2H3/t16-/m1/s1. The monoisotopic (exact) mass is 336 g/mol. The first-order valence-electron chi connectivity index (χ1n) is 8.36. The van der Waals surface area contributed by atoms with Crippen molar-refractivity contribution in [2.24, 2.45) is 0 Å². The highest BCUT2D eigenvalue weighted by molar-refractivity contribution is 7.98. The van der Waals surface area contributed by atoms with Crippen LogP contribution in [0.1, 0.15) is 31.2 Å². The lowest BCUT2D eigenvalue weighted by Crippen LogP contribution is -2.36. The van der Waals surface area contributed by atoms with Gasteiger partial charge in [0.2, 0.25) is 5.91 Å². The van der Waals surface area contributed by atoms with Gasteiger partial charge in [-0.05, 0) is 55.5 Å². The van der Waals surface area contributed by atoms with E-state index in [-0.39, 0.29) is 0 Å². The van der Waals surface area contributed by atoms with E-state index in [2.05, 4.69) is 28.6 Å². The number of rotatable bonds is 10. The minimum Gasteiger partial charge on any atom is -0.497 e. The van der Waals surface area contributed by atoms with Crippen molar-refractivity contribution in [1.29, 1.82) is 0 Å². The summed E-state index contributed by atoms with van der Waals surface area (Å²) in [6, 6.07) is 8.56. The fourth-order valence-corrected chi connectivity index (χ4v) is 3.44. The lowest BCUT2D eigenvalue weighted by atomic mass is 10.1. The van der Waals surface area contributed by atoms with Crippen molar-refractivity contribution in [2.75, 3.05) is 32.2 Å². The fraction of sp³-hybridized carbons (Fsp3) is 0.611. The summed E-state index contributed by atoms with van der Waals surface area (Å²) in [5.41, 5.74) is 1.25. The van der Waals surface area contributed by atoms with Crippen LogP contribution in [0, 0.1) is 0 Å². The third-order valence-electron chi connectivity index (χ3n) is 4.34. The number of ether oxygens (including phenoxy) is 1. The summed E-state index contributed by atoms with van der Waals surface area (Å²) in [5.74, 6) is 2.36. The SMILES string of the molecule is COc1ccc(CNCC[C@H]2CCC(=O)N2CCCSC)cc1. The number of carbonyl (C=O) groups is 1. The number of methoxy groups -OCH3 is 1. The molecule has 4 nitrogen and oxygen atoms in total. The molecule has 1 amide bonds. The molecule has 1 aromatic rings. The molecule has 0 saturated carbocycles. The molecule has 2 rings (SSSR count). The first-order chi connectivity index (χ1) is 11.2. The topological polar surface area (TPSA) is 41.6 Å². The van der Waals surface area contributed by atoms with Gasteiger partial charge in [0.05, 0.1) is 7.11 Å². The zero-order chi connectivity index (χ0) is 16.5. The van der Waals surface area contributed by atoms with E-state index in [9.17, 15) is 4.79 Å². The maximum atomic E-state index is 12.0. The maximum absolute atomic E-state index is 12.0. The Kier molecular flexibility index (Phi) is 7.76. The molecular formula is C18H28N2O2S. The smallest absolute Gasteiger partial charge is 0.222 e. The van der Waals surface area contributed by atoms with Gasteiger partial charge in [0, 0.05) is 25.6 Å². The van der Waals surface area contributed by atoms with Crippen LogP contribution >= 0.6 is 11.8 Å². The number of carbonyl (C=O) groups excluding carboxylic acids is 1. The maximum Gasteiger partial charge on any atom is 0.222 e. The molecule has 23 heavy (non-hydrogen) atoms. The van der Waals surface area contributed by atoms with Crippen molar-refractivity contribution in [1.82, 2.24) is 10.2 Å². The quantitative estimate of drug-likeness (QED) is 0.667. The van der Waals surface area contributed by atoms with Gasteiger partial charge in [0.25, 0.3) is 0 Å². The summed E-state index contributed by atoms with van der Waals surface area (Å²) in [6.07, 6.45) is 6.00. The second kappa shape index (κ2) is 9.83. The molecule has 0 spiro atoms. The molecule has 1 aromatic carbocycles.